The number of nitro benzene ring substituents is 1. The van der Waals surface area contributed by atoms with Crippen LogP contribution in [0.5, 0.6) is 0 Å². The van der Waals surface area contributed by atoms with Gasteiger partial charge < -0.3 is 0 Å². The van der Waals surface area contributed by atoms with E-state index in [1.165, 1.54) is 36.4 Å². The van der Waals surface area contributed by atoms with Gasteiger partial charge in [-0.1, -0.05) is 36.4 Å². The zero-order valence-corrected chi connectivity index (χ0v) is 12.6. The molecule has 0 heterocycles. The van der Waals surface area contributed by atoms with Crippen molar-refractivity contribution in [2.75, 3.05) is 0 Å². The maximum Gasteiger partial charge on any atom is 0.269 e. The molecule has 0 bridgehead atoms. The number of carbonyl (C=O) groups excluding carboxylic acids is 2. The van der Waals surface area contributed by atoms with Gasteiger partial charge in [-0.2, -0.15) is 0 Å². The van der Waals surface area contributed by atoms with Crippen molar-refractivity contribution in [3.05, 3.63) is 85.4 Å². The Balaban J connectivity index is 1.87. The highest BCUT2D eigenvalue weighted by Crippen LogP contribution is 2.66. The summed E-state index contributed by atoms with van der Waals surface area (Å²) in [5, 5.41) is 22.5. The summed E-state index contributed by atoms with van der Waals surface area (Å²) in [4.78, 5) is 47.0. The molecule has 2 atom stereocenters. The standard InChI is InChI=1S/C17H10N2O6/c20-15-11-6-1-2-7-12(11)16(21)17(15)13(14(17)19(24)25)9-4-3-5-10(8-9)18(22)23/h1-8,13-14H/t13-,14-/m1/s1. The SMILES string of the molecule is O=C1c2ccccc2C(=O)C12[C@H](c1cccc([N+](=O)[O-])c1)[C@H]2[N+](=O)[O-]. The highest BCUT2D eigenvalue weighted by Gasteiger charge is 2.84. The monoisotopic (exact) mass is 338 g/mol. The topological polar surface area (TPSA) is 120 Å². The minimum atomic E-state index is -1.79. The lowest BCUT2D eigenvalue weighted by Gasteiger charge is -2.03. The van der Waals surface area contributed by atoms with E-state index in [9.17, 15) is 29.8 Å². The maximum atomic E-state index is 12.8. The van der Waals surface area contributed by atoms with Crippen LogP contribution in [-0.4, -0.2) is 27.5 Å². The van der Waals surface area contributed by atoms with Crippen LogP contribution < -0.4 is 0 Å². The molecule has 8 heteroatoms. The van der Waals surface area contributed by atoms with Crippen molar-refractivity contribution < 1.29 is 19.4 Å². The lowest BCUT2D eigenvalue weighted by molar-refractivity contribution is -0.500. The fourth-order valence-electron chi connectivity index (χ4n) is 3.91. The van der Waals surface area contributed by atoms with Crippen LogP contribution in [-0.2, 0) is 0 Å². The number of carbonyl (C=O) groups is 2. The second kappa shape index (κ2) is 4.79. The number of non-ortho nitro benzene ring substituents is 1. The van der Waals surface area contributed by atoms with Crippen LogP contribution in [0.2, 0.25) is 0 Å². The zero-order chi connectivity index (χ0) is 17.9. The molecule has 0 radical (unpaired) electrons. The Kier molecular flexibility index (Phi) is 2.90. The third-order valence-electron chi connectivity index (χ3n) is 5.00. The Hall–Kier alpha value is -3.42. The summed E-state index contributed by atoms with van der Waals surface area (Å²) in [6, 6.07) is 10.0. The van der Waals surface area contributed by atoms with Crippen LogP contribution in [0.4, 0.5) is 5.69 Å². The van der Waals surface area contributed by atoms with Gasteiger partial charge in [-0.3, -0.25) is 29.8 Å². The summed E-state index contributed by atoms with van der Waals surface area (Å²) in [5.41, 5.74) is -1.43. The van der Waals surface area contributed by atoms with Crippen LogP contribution in [0.25, 0.3) is 0 Å². The molecule has 2 aromatic carbocycles. The van der Waals surface area contributed by atoms with E-state index in [2.05, 4.69) is 0 Å². The molecule has 0 amide bonds. The van der Waals surface area contributed by atoms with E-state index in [0.29, 0.717) is 0 Å². The van der Waals surface area contributed by atoms with Gasteiger partial charge in [0.15, 0.2) is 17.0 Å². The molecule has 1 saturated carbocycles. The number of fused-ring (bicyclic) bond motifs is 1. The first-order valence-electron chi connectivity index (χ1n) is 7.47. The molecule has 2 aromatic rings. The molecule has 0 aromatic heterocycles. The highest BCUT2D eigenvalue weighted by molar-refractivity contribution is 6.33. The third-order valence-corrected chi connectivity index (χ3v) is 5.00. The van der Waals surface area contributed by atoms with Gasteiger partial charge in [-0.15, -0.1) is 0 Å². The largest absolute Gasteiger partial charge is 0.293 e. The van der Waals surface area contributed by atoms with Crippen molar-refractivity contribution in [2.45, 2.75) is 12.0 Å². The fraction of sp³-hybridized carbons (Fsp3) is 0.176. The van der Waals surface area contributed by atoms with Crippen LogP contribution in [0.3, 0.4) is 0 Å². The molecule has 8 nitrogen and oxygen atoms in total. The van der Waals surface area contributed by atoms with E-state index in [1.807, 2.05) is 0 Å². The first kappa shape index (κ1) is 15.1. The van der Waals surface area contributed by atoms with E-state index in [1.54, 1.807) is 12.1 Å². The Labute approximate surface area is 140 Å². The molecule has 0 aliphatic heterocycles. The molecule has 0 unspecified atom stereocenters. The van der Waals surface area contributed by atoms with Crippen LogP contribution in [0, 0.1) is 25.6 Å². The van der Waals surface area contributed by atoms with Gasteiger partial charge in [0.25, 0.3) is 5.69 Å². The molecule has 2 aliphatic rings. The molecule has 4 rings (SSSR count). The number of nitro groups is 2. The Morgan fingerprint density at radius 1 is 0.880 bits per heavy atom. The molecule has 1 fully saturated rings. The summed E-state index contributed by atoms with van der Waals surface area (Å²) < 4.78 is 0. The van der Waals surface area contributed by atoms with E-state index in [0.717, 1.165) is 0 Å². The van der Waals surface area contributed by atoms with Gasteiger partial charge in [0.1, 0.15) is 0 Å². The molecular formula is C17H10N2O6. The Morgan fingerprint density at radius 2 is 1.48 bits per heavy atom. The Bertz CT molecular complexity index is 948. The summed E-state index contributed by atoms with van der Waals surface area (Å²) in [6.45, 7) is 0. The molecule has 124 valence electrons. The van der Waals surface area contributed by atoms with Crippen molar-refractivity contribution in [1.29, 1.82) is 0 Å². The van der Waals surface area contributed by atoms with Crippen molar-refractivity contribution in [3.63, 3.8) is 0 Å². The second-order valence-electron chi connectivity index (χ2n) is 6.13. The normalized spacial score (nSPS) is 22.7. The molecule has 0 saturated heterocycles. The number of hydrogen-bond donors (Lipinski definition) is 0. The van der Waals surface area contributed by atoms with Gasteiger partial charge in [0.05, 0.1) is 10.8 Å². The minimum absolute atomic E-state index is 0.173. The van der Waals surface area contributed by atoms with Gasteiger partial charge in [0.2, 0.25) is 6.04 Å². The number of Topliss-reactive ketones (excluding diaryl/α,β-unsaturated/α-hetero) is 2. The highest BCUT2D eigenvalue weighted by atomic mass is 16.6. The lowest BCUT2D eigenvalue weighted by Crippen LogP contribution is -2.25. The van der Waals surface area contributed by atoms with Crippen LogP contribution in [0.15, 0.2) is 48.5 Å². The van der Waals surface area contributed by atoms with E-state index in [-0.39, 0.29) is 22.4 Å². The summed E-state index contributed by atoms with van der Waals surface area (Å²) in [6.07, 6.45) is 0. The van der Waals surface area contributed by atoms with Gasteiger partial charge in [-0.25, -0.2) is 0 Å². The smallest absolute Gasteiger partial charge is 0.269 e. The second-order valence-corrected chi connectivity index (χ2v) is 6.13. The first-order chi connectivity index (χ1) is 11.9. The number of ketones is 2. The molecular weight excluding hydrogens is 328 g/mol. The first-order valence-corrected chi connectivity index (χ1v) is 7.47. The van der Waals surface area contributed by atoms with Gasteiger partial charge >= 0.3 is 0 Å². The maximum absolute atomic E-state index is 12.8. The fourth-order valence-corrected chi connectivity index (χ4v) is 3.91. The number of hydrogen-bond acceptors (Lipinski definition) is 6. The molecule has 1 spiro atoms. The number of benzene rings is 2. The van der Waals surface area contributed by atoms with Gasteiger partial charge in [0, 0.05) is 28.2 Å². The Morgan fingerprint density at radius 3 is 2.00 bits per heavy atom. The molecule has 2 aliphatic carbocycles. The van der Waals surface area contributed by atoms with E-state index >= 15 is 0 Å². The number of rotatable bonds is 3. The lowest BCUT2D eigenvalue weighted by atomic mass is 9.93. The summed E-state index contributed by atoms with van der Waals surface area (Å²) in [5.74, 6) is -2.16. The third kappa shape index (κ3) is 1.76. The predicted molar refractivity (Wildman–Crippen MR) is 84.2 cm³/mol. The quantitative estimate of drug-likeness (QED) is 0.481. The van der Waals surface area contributed by atoms with Crippen LogP contribution in [0.1, 0.15) is 32.2 Å². The average Bonchev–Trinajstić information content (AvgIpc) is 3.27. The van der Waals surface area contributed by atoms with Crippen LogP contribution >= 0.6 is 0 Å². The van der Waals surface area contributed by atoms with Crippen molar-refractivity contribution in [3.8, 4) is 0 Å². The zero-order valence-electron chi connectivity index (χ0n) is 12.6. The number of nitrogens with zero attached hydrogens (tertiary/aromatic N) is 2. The summed E-state index contributed by atoms with van der Waals surface area (Å²) in [7, 11) is 0. The van der Waals surface area contributed by atoms with Crippen molar-refractivity contribution in [1.82, 2.24) is 0 Å². The van der Waals surface area contributed by atoms with E-state index < -0.39 is 38.8 Å². The molecule has 0 N–H and O–H groups in total. The van der Waals surface area contributed by atoms with Gasteiger partial charge in [-0.05, 0) is 5.56 Å². The minimum Gasteiger partial charge on any atom is -0.293 e. The average molecular weight is 338 g/mol. The predicted octanol–water partition coefficient (Wildman–Crippen LogP) is 2.40. The van der Waals surface area contributed by atoms with Crippen molar-refractivity contribution in [2.24, 2.45) is 5.41 Å². The van der Waals surface area contributed by atoms with E-state index in [4.69, 9.17) is 0 Å². The van der Waals surface area contributed by atoms with Crippen molar-refractivity contribution >= 4 is 17.3 Å². The summed E-state index contributed by atoms with van der Waals surface area (Å²) >= 11 is 0. The molecule has 25 heavy (non-hydrogen) atoms.